The van der Waals surface area contributed by atoms with E-state index in [2.05, 4.69) is 47.2 Å². The zero-order valence-corrected chi connectivity index (χ0v) is 12.9. The van der Waals surface area contributed by atoms with Gasteiger partial charge in [0, 0.05) is 45.3 Å². The topological polar surface area (TPSA) is 18.5 Å². The molecule has 20 heavy (non-hydrogen) atoms. The van der Waals surface area contributed by atoms with Gasteiger partial charge in [-0.05, 0) is 32.4 Å². The maximum absolute atomic E-state index is 3.48. The van der Waals surface area contributed by atoms with Crippen LogP contribution < -0.4 is 5.32 Å². The van der Waals surface area contributed by atoms with Crippen molar-refractivity contribution in [1.82, 2.24) is 15.1 Å². The minimum atomic E-state index is 0.790. The first-order valence-electron chi connectivity index (χ1n) is 7.95. The van der Waals surface area contributed by atoms with Crippen LogP contribution in [0, 0.1) is 13.8 Å². The van der Waals surface area contributed by atoms with E-state index < -0.39 is 0 Å². The van der Waals surface area contributed by atoms with Gasteiger partial charge in [0.15, 0.2) is 0 Å². The molecule has 3 heteroatoms. The smallest absolute Gasteiger partial charge is 0.0235 e. The number of hydrogen-bond donors (Lipinski definition) is 1. The van der Waals surface area contributed by atoms with E-state index in [0.717, 1.165) is 12.6 Å². The van der Waals surface area contributed by atoms with Gasteiger partial charge in [-0.1, -0.05) is 29.3 Å². The minimum absolute atomic E-state index is 0.790. The molecule has 0 radical (unpaired) electrons. The number of benzene rings is 1. The summed E-state index contributed by atoms with van der Waals surface area (Å²) in [5, 5.41) is 3.48. The second kappa shape index (κ2) is 6.25. The molecule has 1 aromatic rings. The van der Waals surface area contributed by atoms with Crippen LogP contribution in [-0.2, 0) is 6.54 Å². The normalized spacial score (nSPS) is 25.2. The van der Waals surface area contributed by atoms with Crippen LogP contribution in [0.1, 0.15) is 23.1 Å². The quantitative estimate of drug-likeness (QED) is 0.906. The van der Waals surface area contributed by atoms with Crippen molar-refractivity contribution in [3.8, 4) is 0 Å². The third-order valence-electron chi connectivity index (χ3n) is 4.65. The van der Waals surface area contributed by atoms with Gasteiger partial charge in [0.05, 0.1) is 0 Å². The van der Waals surface area contributed by atoms with Crippen molar-refractivity contribution in [2.24, 2.45) is 0 Å². The van der Waals surface area contributed by atoms with Crippen LogP contribution in [0.5, 0.6) is 0 Å². The van der Waals surface area contributed by atoms with Crippen LogP contribution in [0.15, 0.2) is 18.2 Å². The number of hydrogen-bond acceptors (Lipinski definition) is 3. The largest absolute Gasteiger partial charge is 0.315 e. The van der Waals surface area contributed by atoms with E-state index in [1.54, 1.807) is 0 Å². The molecule has 0 spiro atoms. The Morgan fingerprint density at radius 1 is 1.05 bits per heavy atom. The highest BCUT2D eigenvalue weighted by Crippen LogP contribution is 2.15. The predicted octanol–water partition coefficient (Wildman–Crippen LogP) is 1.78. The second-order valence-electron chi connectivity index (χ2n) is 6.45. The summed E-state index contributed by atoms with van der Waals surface area (Å²) in [6.45, 7) is 12.8. The summed E-state index contributed by atoms with van der Waals surface area (Å²) in [6, 6.07) is 7.72. The van der Waals surface area contributed by atoms with E-state index in [1.807, 2.05) is 0 Å². The van der Waals surface area contributed by atoms with Crippen molar-refractivity contribution in [2.75, 3.05) is 39.3 Å². The lowest BCUT2D eigenvalue weighted by Crippen LogP contribution is -2.50. The highest BCUT2D eigenvalue weighted by Gasteiger charge is 2.25. The molecule has 0 aliphatic carbocycles. The molecule has 1 aromatic carbocycles. The van der Waals surface area contributed by atoms with Crippen molar-refractivity contribution in [2.45, 2.75) is 32.9 Å². The predicted molar refractivity (Wildman–Crippen MR) is 84.0 cm³/mol. The zero-order chi connectivity index (χ0) is 13.9. The molecule has 0 amide bonds. The molecule has 2 saturated heterocycles. The Bertz CT molecular complexity index is 423. The van der Waals surface area contributed by atoms with Gasteiger partial charge in [0.1, 0.15) is 0 Å². The Morgan fingerprint density at radius 3 is 2.35 bits per heavy atom. The molecule has 2 aliphatic heterocycles. The lowest BCUT2D eigenvalue weighted by molar-refractivity contribution is 0.0981. The van der Waals surface area contributed by atoms with Crippen molar-refractivity contribution < 1.29 is 0 Å². The fourth-order valence-electron chi connectivity index (χ4n) is 3.66. The third-order valence-corrected chi connectivity index (χ3v) is 4.65. The van der Waals surface area contributed by atoms with E-state index in [1.165, 1.54) is 62.4 Å². The van der Waals surface area contributed by atoms with Gasteiger partial charge in [-0.25, -0.2) is 0 Å². The highest BCUT2D eigenvalue weighted by molar-refractivity contribution is 5.28. The van der Waals surface area contributed by atoms with Crippen molar-refractivity contribution in [3.05, 3.63) is 34.9 Å². The molecule has 1 unspecified atom stereocenters. The lowest BCUT2D eigenvalue weighted by Gasteiger charge is -2.37. The van der Waals surface area contributed by atoms with Crippen LogP contribution in [-0.4, -0.2) is 55.1 Å². The molecular formula is C17H27N3. The van der Waals surface area contributed by atoms with Crippen molar-refractivity contribution in [3.63, 3.8) is 0 Å². The molecule has 2 heterocycles. The summed E-state index contributed by atoms with van der Waals surface area (Å²) in [6.07, 6.45) is 1.33. The van der Waals surface area contributed by atoms with E-state index in [4.69, 9.17) is 0 Å². The molecule has 3 nitrogen and oxygen atoms in total. The first-order valence-corrected chi connectivity index (χ1v) is 7.95. The molecule has 0 aromatic heterocycles. The molecule has 0 bridgehead atoms. The maximum atomic E-state index is 3.48. The van der Waals surface area contributed by atoms with Crippen molar-refractivity contribution in [1.29, 1.82) is 0 Å². The number of rotatable bonds is 3. The summed E-state index contributed by atoms with van der Waals surface area (Å²) in [7, 11) is 0. The number of nitrogens with zero attached hydrogens (tertiary/aromatic N) is 2. The zero-order valence-electron chi connectivity index (χ0n) is 12.9. The Hall–Kier alpha value is -0.900. The van der Waals surface area contributed by atoms with E-state index >= 15 is 0 Å². The van der Waals surface area contributed by atoms with Gasteiger partial charge in [0.25, 0.3) is 0 Å². The summed E-state index contributed by atoms with van der Waals surface area (Å²) < 4.78 is 0. The van der Waals surface area contributed by atoms with Crippen LogP contribution in [0.4, 0.5) is 0 Å². The van der Waals surface area contributed by atoms with Crippen LogP contribution in [0.25, 0.3) is 0 Å². The number of nitrogens with one attached hydrogen (secondary N) is 1. The Balaban J connectivity index is 1.53. The van der Waals surface area contributed by atoms with Gasteiger partial charge in [0.2, 0.25) is 0 Å². The standard InChI is InChI=1S/C17H27N3/c1-14-9-15(2)11-16(10-14)13-19-5-7-20(8-6-19)17-3-4-18-12-17/h9-11,17-18H,3-8,12-13H2,1-2H3. The maximum Gasteiger partial charge on any atom is 0.0235 e. The van der Waals surface area contributed by atoms with Gasteiger partial charge < -0.3 is 5.32 Å². The summed E-state index contributed by atoms with van der Waals surface area (Å²) in [5.41, 5.74) is 4.24. The van der Waals surface area contributed by atoms with Gasteiger partial charge in [-0.2, -0.15) is 0 Å². The summed E-state index contributed by atoms with van der Waals surface area (Å²) in [4.78, 5) is 5.28. The average Bonchev–Trinajstić information content (AvgIpc) is 2.92. The number of aryl methyl sites for hydroxylation is 2. The molecule has 0 saturated carbocycles. The van der Waals surface area contributed by atoms with E-state index in [0.29, 0.717) is 0 Å². The summed E-state index contributed by atoms with van der Waals surface area (Å²) in [5.74, 6) is 0. The molecule has 2 aliphatic rings. The van der Waals surface area contributed by atoms with Gasteiger partial charge >= 0.3 is 0 Å². The first kappa shape index (κ1) is 14.1. The lowest BCUT2D eigenvalue weighted by atomic mass is 10.1. The molecule has 3 rings (SSSR count). The highest BCUT2D eigenvalue weighted by atomic mass is 15.3. The minimum Gasteiger partial charge on any atom is -0.315 e. The number of piperazine rings is 1. The van der Waals surface area contributed by atoms with Crippen molar-refractivity contribution >= 4 is 0 Å². The van der Waals surface area contributed by atoms with Crippen LogP contribution in [0.2, 0.25) is 0 Å². The van der Waals surface area contributed by atoms with Gasteiger partial charge in [-0.15, -0.1) is 0 Å². The Morgan fingerprint density at radius 2 is 1.75 bits per heavy atom. The monoisotopic (exact) mass is 273 g/mol. The van der Waals surface area contributed by atoms with Crippen LogP contribution in [0.3, 0.4) is 0 Å². The van der Waals surface area contributed by atoms with Crippen LogP contribution >= 0.6 is 0 Å². The van der Waals surface area contributed by atoms with Gasteiger partial charge in [-0.3, -0.25) is 9.80 Å². The first-order chi connectivity index (χ1) is 9.70. The fourth-order valence-corrected chi connectivity index (χ4v) is 3.66. The Kier molecular flexibility index (Phi) is 4.39. The SMILES string of the molecule is Cc1cc(C)cc(CN2CCN(C3CCNC3)CC2)c1. The molecule has 2 fully saturated rings. The Labute approximate surface area is 123 Å². The molecule has 1 N–H and O–H groups in total. The van der Waals surface area contributed by atoms with E-state index in [9.17, 15) is 0 Å². The second-order valence-corrected chi connectivity index (χ2v) is 6.45. The molecule has 1 atom stereocenters. The summed E-state index contributed by atoms with van der Waals surface area (Å²) >= 11 is 0. The molecule has 110 valence electrons. The van der Waals surface area contributed by atoms with E-state index in [-0.39, 0.29) is 0 Å². The average molecular weight is 273 g/mol. The molecular weight excluding hydrogens is 246 g/mol. The third kappa shape index (κ3) is 3.40. The fraction of sp³-hybridized carbons (Fsp3) is 0.647.